The van der Waals surface area contributed by atoms with Crippen LogP contribution in [0.1, 0.15) is 10.4 Å². The zero-order valence-electron chi connectivity index (χ0n) is 8.69. The van der Waals surface area contributed by atoms with Crippen molar-refractivity contribution in [1.29, 1.82) is 0 Å². The van der Waals surface area contributed by atoms with E-state index in [-0.39, 0.29) is 0 Å². The van der Waals surface area contributed by atoms with Crippen LogP contribution in [-0.4, -0.2) is 5.97 Å². The van der Waals surface area contributed by atoms with Crippen molar-refractivity contribution in [3.8, 4) is 5.75 Å². The molecule has 0 aliphatic rings. The largest absolute Gasteiger partial charge is 0.423 e. The Morgan fingerprint density at radius 2 is 1.65 bits per heavy atom. The number of hydrogen-bond donors (Lipinski definition) is 0. The van der Waals surface area contributed by atoms with E-state index in [1.165, 1.54) is 0 Å². The van der Waals surface area contributed by atoms with Crippen molar-refractivity contribution in [1.82, 2.24) is 0 Å². The summed E-state index contributed by atoms with van der Waals surface area (Å²) in [7, 11) is 0. The molecule has 0 bridgehead atoms. The third kappa shape index (κ3) is 3.22. The van der Waals surface area contributed by atoms with Crippen molar-refractivity contribution in [3.63, 3.8) is 0 Å². The highest BCUT2D eigenvalue weighted by atomic mass is 35.5. The van der Waals surface area contributed by atoms with Gasteiger partial charge < -0.3 is 4.74 Å². The highest BCUT2D eigenvalue weighted by molar-refractivity contribution is 6.31. The Balaban J connectivity index is 2.14. The number of halogens is 2. The molecule has 0 aromatic heterocycles. The fourth-order valence-corrected chi connectivity index (χ4v) is 1.59. The molecule has 2 aromatic carbocycles. The monoisotopic (exact) mass is 266 g/mol. The number of ether oxygens (including phenoxy) is 1. The van der Waals surface area contributed by atoms with E-state index in [0.29, 0.717) is 21.4 Å². The van der Waals surface area contributed by atoms with Gasteiger partial charge >= 0.3 is 5.97 Å². The first-order chi connectivity index (χ1) is 8.15. The average Bonchev–Trinajstić information content (AvgIpc) is 2.29. The van der Waals surface area contributed by atoms with Crippen LogP contribution in [0.2, 0.25) is 10.0 Å². The lowest BCUT2D eigenvalue weighted by Gasteiger charge is -2.04. The quantitative estimate of drug-likeness (QED) is 0.601. The Morgan fingerprint density at radius 1 is 0.941 bits per heavy atom. The lowest BCUT2D eigenvalue weighted by atomic mass is 10.2. The van der Waals surface area contributed by atoms with Gasteiger partial charge in [0.15, 0.2) is 0 Å². The van der Waals surface area contributed by atoms with Crippen LogP contribution >= 0.6 is 23.2 Å². The van der Waals surface area contributed by atoms with E-state index in [9.17, 15) is 4.79 Å². The molecule has 2 rings (SSSR count). The molecular weight excluding hydrogens is 259 g/mol. The van der Waals surface area contributed by atoms with Crippen LogP contribution in [0.25, 0.3) is 0 Å². The summed E-state index contributed by atoms with van der Waals surface area (Å²) in [6.07, 6.45) is 0. The van der Waals surface area contributed by atoms with E-state index in [2.05, 4.69) is 0 Å². The molecule has 0 fully saturated rings. The lowest BCUT2D eigenvalue weighted by molar-refractivity contribution is 0.0735. The van der Waals surface area contributed by atoms with Crippen LogP contribution in [0.4, 0.5) is 0 Å². The second kappa shape index (κ2) is 5.21. The van der Waals surface area contributed by atoms with Crippen LogP contribution in [0.3, 0.4) is 0 Å². The van der Waals surface area contributed by atoms with Crippen molar-refractivity contribution in [2.24, 2.45) is 0 Å². The number of rotatable bonds is 2. The summed E-state index contributed by atoms with van der Waals surface area (Å²) in [5, 5.41) is 1.09. The van der Waals surface area contributed by atoms with Gasteiger partial charge in [-0.2, -0.15) is 0 Å². The maximum atomic E-state index is 11.7. The predicted molar refractivity (Wildman–Crippen MR) is 67.9 cm³/mol. The predicted octanol–water partition coefficient (Wildman–Crippen LogP) is 4.21. The lowest BCUT2D eigenvalue weighted by Crippen LogP contribution is -2.07. The molecule has 0 unspecified atom stereocenters. The molecule has 0 radical (unpaired) electrons. The zero-order chi connectivity index (χ0) is 12.3. The molecular formula is C13H8Cl2O2. The second-order valence-electron chi connectivity index (χ2n) is 3.35. The van der Waals surface area contributed by atoms with Gasteiger partial charge in [-0.05, 0) is 42.5 Å². The molecule has 17 heavy (non-hydrogen) atoms. The standard InChI is InChI=1S/C13H8Cl2O2/c14-10-6-4-9(5-7-10)13(16)17-12-3-1-2-11(15)8-12/h1-8H. The van der Waals surface area contributed by atoms with E-state index in [4.69, 9.17) is 27.9 Å². The number of carbonyl (C=O) groups is 1. The van der Waals surface area contributed by atoms with E-state index >= 15 is 0 Å². The Morgan fingerprint density at radius 3 is 2.29 bits per heavy atom. The Labute approximate surface area is 109 Å². The molecule has 4 heteroatoms. The van der Waals surface area contributed by atoms with Gasteiger partial charge in [-0.3, -0.25) is 0 Å². The summed E-state index contributed by atoms with van der Waals surface area (Å²) in [6, 6.07) is 13.2. The first-order valence-corrected chi connectivity index (χ1v) is 5.64. The molecule has 2 aromatic rings. The Hall–Kier alpha value is -1.51. The van der Waals surface area contributed by atoms with Crippen molar-refractivity contribution in [3.05, 3.63) is 64.1 Å². The van der Waals surface area contributed by atoms with Gasteiger partial charge in [0.05, 0.1) is 5.56 Å². The Kier molecular flexibility index (Phi) is 3.67. The maximum Gasteiger partial charge on any atom is 0.343 e. The first-order valence-electron chi connectivity index (χ1n) is 4.88. The molecule has 0 aliphatic heterocycles. The van der Waals surface area contributed by atoms with E-state index in [1.54, 1.807) is 48.5 Å². The van der Waals surface area contributed by atoms with E-state index in [0.717, 1.165) is 0 Å². The highest BCUT2D eigenvalue weighted by Crippen LogP contribution is 2.19. The number of esters is 1. The van der Waals surface area contributed by atoms with Crippen LogP contribution in [-0.2, 0) is 0 Å². The molecule has 0 aliphatic carbocycles. The van der Waals surface area contributed by atoms with Crippen molar-refractivity contribution >= 4 is 29.2 Å². The summed E-state index contributed by atoms with van der Waals surface area (Å²) < 4.78 is 5.15. The number of hydrogen-bond acceptors (Lipinski definition) is 2. The van der Waals surface area contributed by atoms with E-state index in [1.807, 2.05) is 0 Å². The number of benzene rings is 2. The smallest absolute Gasteiger partial charge is 0.343 e. The minimum atomic E-state index is -0.441. The van der Waals surface area contributed by atoms with Gasteiger partial charge in [-0.1, -0.05) is 29.3 Å². The summed E-state index contributed by atoms with van der Waals surface area (Å²) in [4.78, 5) is 11.7. The molecule has 0 spiro atoms. The van der Waals surface area contributed by atoms with Gasteiger partial charge in [0.25, 0.3) is 0 Å². The van der Waals surface area contributed by atoms with Gasteiger partial charge in [0.1, 0.15) is 5.75 Å². The molecule has 0 N–H and O–H groups in total. The van der Waals surface area contributed by atoms with Gasteiger partial charge in [-0.15, -0.1) is 0 Å². The molecule has 0 atom stereocenters. The molecule has 86 valence electrons. The third-order valence-corrected chi connectivity index (χ3v) is 2.57. The van der Waals surface area contributed by atoms with Crippen molar-refractivity contribution < 1.29 is 9.53 Å². The first kappa shape index (κ1) is 12.0. The summed E-state index contributed by atoms with van der Waals surface area (Å²) in [5.74, 6) is -0.0265. The summed E-state index contributed by atoms with van der Waals surface area (Å²) >= 11 is 11.5. The van der Waals surface area contributed by atoms with Crippen LogP contribution in [0.5, 0.6) is 5.75 Å². The topological polar surface area (TPSA) is 26.3 Å². The fraction of sp³-hybridized carbons (Fsp3) is 0. The SMILES string of the molecule is O=C(Oc1cccc(Cl)c1)c1ccc(Cl)cc1. The van der Waals surface area contributed by atoms with Crippen LogP contribution in [0.15, 0.2) is 48.5 Å². The highest BCUT2D eigenvalue weighted by Gasteiger charge is 2.08. The van der Waals surface area contributed by atoms with Gasteiger partial charge in [0, 0.05) is 10.0 Å². The minimum absolute atomic E-state index is 0.414. The van der Waals surface area contributed by atoms with Crippen LogP contribution < -0.4 is 4.74 Å². The normalized spacial score (nSPS) is 10.0. The van der Waals surface area contributed by atoms with E-state index < -0.39 is 5.97 Å². The average molecular weight is 267 g/mol. The zero-order valence-corrected chi connectivity index (χ0v) is 10.2. The number of carbonyl (C=O) groups excluding carboxylic acids is 1. The minimum Gasteiger partial charge on any atom is -0.423 e. The maximum absolute atomic E-state index is 11.7. The summed E-state index contributed by atoms with van der Waals surface area (Å²) in [5.41, 5.74) is 0.439. The van der Waals surface area contributed by atoms with Crippen LogP contribution in [0, 0.1) is 0 Å². The summed E-state index contributed by atoms with van der Waals surface area (Å²) in [6.45, 7) is 0. The molecule has 2 nitrogen and oxygen atoms in total. The second-order valence-corrected chi connectivity index (χ2v) is 4.23. The Bertz CT molecular complexity index is 535. The molecule has 0 amide bonds. The molecule has 0 heterocycles. The molecule has 0 saturated heterocycles. The fourth-order valence-electron chi connectivity index (χ4n) is 1.28. The van der Waals surface area contributed by atoms with Crippen molar-refractivity contribution in [2.75, 3.05) is 0 Å². The van der Waals surface area contributed by atoms with Gasteiger partial charge in [-0.25, -0.2) is 4.79 Å². The third-order valence-electron chi connectivity index (χ3n) is 2.09. The molecule has 0 saturated carbocycles. The van der Waals surface area contributed by atoms with Gasteiger partial charge in [0.2, 0.25) is 0 Å². The van der Waals surface area contributed by atoms with Crippen molar-refractivity contribution in [2.45, 2.75) is 0 Å².